The third-order valence-corrected chi connectivity index (χ3v) is 9.39. The summed E-state index contributed by atoms with van der Waals surface area (Å²) in [7, 11) is 1.91. The van der Waals surface area contributed by atoms with Gasteiger partial charge >= 0.3 is 5.97 Å². The van der Waals surface area contributed by atoms with Crippen molar-refractivity contribution in [3.05, 3.63) is 87.7 Å². The molecule has 8 rings (SSSR count). The number of hydrogen-bond acceptors (Lipinski definition) is 5. The lowest BCUT2D eigenvalue weighted by atomic mass is 9.83. The fraction of sp³-hybridized carbons (Fsp3) is 0.382. The van der Waals surface area contributed by atoms with Crippen molar-refractivity contribution in [2.45, 2.75) is 70.9 Å². The van der Waals surface area contributed by atoms with Gasteiger partial charge in [0, 0.05) is 32.6 Å². The van der Waals surface area contributed by atoms with E-state index in [0.29, 0.717) is 18.9 Å². The molecule has 3 aliphatic rings. The molecule has 0 fully saturated rings. The van der Waals surface area contributed by atoms with Crippen LogP contribution in [0.5, 0.6) is 0 Å². The number of amides is 1. The maximum atomic E-state index is 13.8. The van der Waals surface area contributed by atoms with Crippen LogP contribution in [0.4, 0.5) is 0 Å². The monoisotopic (exact) mass is 576 g/mol. The first-order valence-electron chi connectivity index (χ1n) is 15.3. The Hall–Kier alpha value is -4.53. The maximum absolute atomic E-state index is 13.8. The van der Waals surface area contributed by atoms with E-state index in [2.05, 4.69) is 46.7 Å². The van der Waals surface area contributed by atoms with Gasteiger partial charge in [-0.2, -0.15) is 0 Å². The summed E-state index contributed by atoms with van der Waals surface area (Å²) in [5.74, 6) is -0.837. The van der Waals surface area contributed by atoms with Crippen LogP contribution < -0.4 is 0 Å². The van der Waals surface area contributed by atoms with E-state index in [4.69, 9.17) is 4.98 Å². The third-order valence-electron chi connectivity index (χ3n) is 9.39. The normalized spacial score (nSPS) is 17.7. The molecular formula is C34H36N6O3. The van der Waals surface area contributed by atoms with Crippen molar-refractivity contribution >= 4 is 33.9 Å². The van der Waals surface area contributed by atoms with Crippen LogP contribution in [-0.2, 0) is 37.8 Å². The van der Waals surface area contributed by atoms with E-state index < -0.39 is 5.97 Å². The fourth-order valence-corrected chi connectivity index (χ4v) is 6.95. The molecule has 0 aliphatic carbocycles. The van der Waals surface area contributed by atoms with E-state index in [1.54, 1.807) is 0 Å². The summed E-state index contributed by atoms with van der Waals surface area (Å²) in [5, 5.41) is 18.9. The molecule has 0 spiro atoms. The second-order valence-corrected chi connectivity index (χ2v) is 12.1. The van der Waals surface area contributed by atoms with Crippen molar-refractivity contribution in [1.82, 2.24) is 29.4 Å². The zero-order chi connectivity index (χ0) is 29.7. The van der Waals surface area contributed by atoms with Gasteiger partial charge in [0.2, 0.25) is 0 Å². The summed E-state index contributed by atoms with van der Waals surface area (Å²) >= 11 is 0. The first-order chi connectivity index (χ1) is 20.9. The lowest BCUT2D eigenvalue weighted by Gasteiger charge is -2.30. The summed E-state index contributed by atoms with van der Waals surface area (Å²) in [4.78, 5) is 32.6. The topological polar surface area (TPSA) is 106 Å². The van der Waals surface area contributed by atoms with Gasteiger partial charge in [0.05, 0.1) is 23.0 Å². The number of carbonyl (C=O) groups excluding carboxylic acids is 1. The second-order valence-electron chi connectivity index (χ2n) is 12.1. The van der Waals surface area contributed by atoms with Crippen LogP contribution in [0, 0.1) is 6.92 Å². The zero-order valence-electron chi connectivity index (χ0n) is 24.7. The lowest BCUT2D eigenvalue weighted by Crippen LogP contribution is -2.37. The molecule has 1 atom stereocenters. The van der Waals surface area contributed by atoms with Crippen molar-refractivity contribution in [3.8, 4) is 0 Å². The Balaban J connectivity index is 1.31. The highest BCUT2D eigenvalue weighted by Crippen LogP contribution is 2.35. The van der Waals surface area contributed by atoms with E-state index in [-0.39, 0.29) is 18.2 Å². The predicted molar refractivity (Wildman–Crippen MR) is 164 cm³/mol. The molecule has 0 saturated heterocycles. The number of nitrogens with zero attached hydrogens (tertiary/aromatic N) is 6. The van der Waals surface area contributed by atoms with Gasteiger partial charge in [-0.1, -0.05) is 48.4 Å². The summed E-state index contributed by atoms with van der Waals surface area (Å²) in [6.45, 7) is 3.89. The molecule has 0 saturated carbocycles. The van der Waals surface area contributed by atoms with Crippen LogP contribution in [-0.4, -0.2) is 53.0 Å². The highest BCUT2D eigenvalue weighted by molar-refractivity contribution is 5.95. The fourth-order valence-electron chi connectivity index (χ4n) is 6.95. The van der Waals surface area contributed by atoms with Gasteiger partial charge in [-0.05, 0) is 84.2 Å². The van der Waals surface area contributed by atoms with Gasteiger partial charge in [0.25, 0.3) is 5.91 Å². The molecular weight excluding hydrogens is 540 g/mol. The molecule has 220 valence electrons. The number of rotatable bonds is 2. The third kappa shape index (κ3) is 4.96. The minimum Gasteiger partial charge on any atom is -0.481 e. The number of aliphatic carboxylic acids is 1. The summed E-state index contributed by atoms with van der Waals surface area (Å²) in [6.07, 6.45) is 6.00. The highest BCUT2D eigenvalue weighted by atomic mass is 16.4. The minimum atomic E-state index is -0.856. The Bertz CT molecular complexity index is 1890. The molecule has 10 bridgehead atoms. The molecule has 1 unspecified atom stereocenters. The summed E-state index contributed by atoms with van der Waals surface area (Å²) < 4.78 is 3.88. The number of carboxylic acid groups (broad SMARTS) is 1. The molecule has 3 aliphatic heterocycles. The Morgan fingerprint density at radius 2 is 1.79 bits per heavy atom. The molecule has 9 nitrogen and oxygen atoms in total. The number of aromatic nitrogens is 5. The molecule has 43 heavy (non-hydrogen) atoms. The zero-order valence-corrected chi connectivity index (χ0v) is 24.7. The average Bonchev–Trinajstić information content (AvgIpc) is 3.57. The van der Waals surface area contributed by atoms with E-state index in [1.807, 2.05) is 40.3 Å². The quantitative estimate of drug-likeness (QED) is 0.296. The average molecular weight is 577 g/mol. The molecule has 0 radical (unpaired) electrons. The lowest BCUT2D eigenvalue weighted by molar-refractivity contribution is -0.137. The Morgan fingerprint density at radius 3 is 2.65 bits per heavy atom. The molecule has 1 amide bonds. The number of carboxylic acids is 1. The van der Waals surface area contributed by atoms with E-state index >= 15 is 0 Å². The number of aryl methyl sites for hydroxylation is 4. The van der Waals surface area contributed by atoms with Crippen LogP contribution >= 0.6 is 0 Å². The molecule has 1 N–H and O–H groups in total. The SMILES string of the molecule is Cc1c2ccc3c1nnn3CCCCCCc1ccc3c(c1)nc(n3C)C(=O)N1CCc3ccc(cc3C1)C2CC(=O)O. The van der Waals surface area contributed by atoms with E-state index in [0.717, 1.165) is 89.4 Å². The Labute approximate surface area is 250 Å². The first-order valence-corrected chi connectivity index (χ1v) is 15.3. The summed E-state index contributed by atoms with van der Waals surface area (Å²) in [6, 6.07) is 16.7. The van der Waals surface area contributed by atoms with E-state index in [1.165, 1.54) is 11.1 Å². The molecule has 9 heteroatoms. The highest BCUT2D eigenvalue weighted by Gasteiger charge is 2.28. The number of hydrogen-bond donors (Lipinski definition) is 1. The van der Waals surface area contributed by atoms with Crippen molar-refractivity contribution in [2.75, 3.05) is 6.54 Å². The second kappa shape index (κ2) is 10.9. The first kappa shape index (κ1) is 27.3. The smallest absolute Gasteiger partial charge is 0.304 e. The van der Waals surface area contributed by atoms with Gasteiger partial charge in [-0.15, -0.1) is 5.10 Å². The number of carbonyl (C=O) groups is 2. The van der Waals surface area contributed by atoms with Crippen LogP contribution in [0.3, 0.4) is 0 Å². The molecule has 2 aromatic heterocycles. The van der Waals surface area contributed by atoms with Gasteiger partial charge in [0.15, 0.2) is 5.82 Å². The largest absolute Gasteiger partial charge is 0.481 e. The number of benzene rings is 3. The molecule has 3 aromatic carbocycles. The minimum absolute atomic E-state index is 0.0379. The maximum Gasteiger partial charge on any atom is 0.304 e. The van der Waals surface area contributed by atoms with Gasteiger partial charge in [0.1, 0.15) is 5.52 Å². The van der Waals surface area contributed by atoms with Crippen LogP contribution in [0.25, 0.3) is 22.1 Å². The van der Waals surface area contributed by atoms with Gasteiger partial charge < -0.3 is 14.6 Å². The van der Waals surface area contributed by atoms with Crippen LogP contribution in [0.15, 0.2) is 48.5 Å². The molecule has 5 aromatic rings. The van der Waals surface area contributed by atoms with E-state index in [9.17, 15) is 14.7 Å². The standard InChI is InChI=1S/C34H36N6O3/c1-21-26-11-13-30-32(21)36-37-40(30)15-6-4-3-5-7-22-8-12-29-28(17-22)35-33(38(29)2)34(43)39-16-14-23-9-10-24(18-25(23)20-39)27(26)19-31(41)42/h8-13,17-18,27H,3-7,14-16,19-20H2,1-2H3,(H,41,42). The van der Waals surface area contributed by atoms with Crippen LogP contribution in [0.1, 0.15) is 82.0 Å². The van der Waals surface area contributed by atoms with Crippen molar-refractivity contribution in [2.24, 2.45) is 7.05 Å². The van der Waals surface area contributed by atoms with Crippen molar-refractivity contribution in [1.29, 1.82) is 0 Å². The van der Waals surface area contributed by atoms with Gasteiger partial charge in [-0.3, -0.25) is 9.59 Å². The van der Waals surface area contributed by atoms with Gasteiger partial charge in [-0.25, -0.2) is 9.67 Å². The number of imidazole rings is 1. The number of fused-ring (bicyclic) bond motifs is 6. The van der Waals surface area contributed by atoms with Crippen molar-refractivity contribution < 1.29 is 14.7 Å². The Morgan fingerprint density at radius 1 is 0.953 bits per heavy atom. The molecule has 5 heterocycles. The van der Waals surface area contributed by atoms with Crippen LogP contribution in [0.2, 0.25) is 0 Å². The Kier molecular flexibility index (Phi) is 6.95. The predicted octanol–water partition coefficient (Wildman–Crippen LogP) is 5.55. The van der Waals surface area contributed by atoms with Crippen molar-refractivity contribution in [3.63, 3.8) is 0 Å². The summed E-state index contributed by atoms with van der Waals surface area (Å²) in [5.41, 5.74) is 9.95.